The second-order valence-electron chi connectivity index (χ2n) is 14.0. The number of nitrogens with zero attached hydrogens (tertiary/aromatic N) is 5. The first-order valence-corrected chi connectivity index (χ1v) is 21.2. The van der Waals surface area contributed by atoms with E-state index in [4.69, 9.17) is 23.4 Å². The summed E-state index contributed by atoms with van der Waals surface area (Å²) in [5.74, 6) is 4.93. The number of hydrogen-bond acceptors (Lipinski definition) is 11. The van der Waals surface area contributed by atoms with Crippen LogP contribution < -0.4 is 5.32 Å². The summed E-state index contributed by atoms with van der Waals surface area (Å²) in [4.78, 5) is 26.5. The van der Waals surface area contributed by atoms with E-state index in [2.05, 4.69) is 60.7 Å². The third-order valence-corrected chi connectivity index (χ3v) is 15.5. The number of carbonyl (C=O) groups is 1. The van der Waals surface area contributed by atoms with E-state index < -0.39 is 31.4 Å². The molecule has 1 N–H and O–H groups in total. The van der Waals surface area contributed by atoms with E-state index in [-0.39, 0.29) is 43.1 Å². The zero-order chi connectivity index (χ0) is 37.3. The topological polar surface area (TPSA) is 122 Å². The third kappa shape index (κ3) is 12.1. The summed E-state index contributed by atoms with van der Waals surface area (Å²) in [6, 6.07) is 0. The molecule has 1 aliphatic heterocycles. The largest absolute Gasteiger partial charge is 0.471 e. The molecule has 1 unspecified atom stereocenters. The molecule has 18 heteroatoms. The first kappa shape index (κ1) is 42.0. The minimum atomic E-state index is -4.92. The average Bonchev–Trinajstić information content (AvgIpc) is 3.60. The van der Waals surface area contributed by atoms with Crippen molar-refractivity contribution in [2.45, 2.75) is 88.5 Å². The van der Waals surface area contributed by atoms with Crippen LogP contribution in [0.25, 0.3) is 11.0 Å². The predicted molar refractivity (Wildman–Crippen MR) is 194 cm³/mol. The lowest BCUT2D eigenvalue weighted by Crippen LogP contribution is -2.44. The van der Waals surface area contributed by atoms with Gasteiger partial charge in [0.25, 0.3) is 0 Å². The lowest BCUT2D eigenvalue weighted by atomic mass is 10.2. The normalized spacial score (nSPS) is 18.9. The van der Waals surface area contributed by atoms with E-state index in [1.807, 2.05) is 30.2 Å². The molecule has 0 aliphatic carbocycles. The van der Waals surface area contributed by atoms with Crippen LogP contribution in [0.2, 0.25) is 18.1 Å². The molecule has 1 amide bonds. The second-order valence-corrected chi connectivity index (χ2v) is 21.8. The number of hydrogen-bond donors (Lipinski definition) is 1. The molecule has 0 bridgehead atoms. The van der Waals surface area contributed by atoms with Gasteiger partial charge in [0, 0.05) is 45.1 Å². The highest BCUT2D eigenvalue weighted by Gasteiger charge is 2.43. The molecule has 50 heavy (non-hydrogen) atoms. The molecule has 3 rings (SSSR count). The number of aromatic nitrogens is 3. The van der Waals surface area contributed by atoms with Gasteiger partial charge < -0.3 is 38.2 Å². The lowest BCUT2D eigenvalue weighted by Gasteiger charge is -2.37. The van der Waals surface area contributed by atoms with Gasteiger partial charge in [0.2, 0.25) is 0 Å². The maximum absolute atomic E-state index is 12.5. The van der Waals surface area contributed by atoms with Gasteiger partial charge >= 0.3 is 12.1 Å². The standard InChI is InChI=1S/C32H49F3N6O6S2Si/c1-30(2,3)50(9,10)46-16-24-23(45-20-43-8)14-25(47-24)41-15-22(26-27(39-19-40(6)7)37-18-38-28(26)41)12-11-13-44-21-48-49-31(4,5)17-36-29(42)32(33,34)35/h15,18-19,23-25H,13-14,16-17,20-21H2,1-10H3,(H,36,42)/t23?,24-,25-/m1/s1. The van der Waals surface area contributed by atoms with E-state index >= 15 is 0 Å². The highest BCUT2D eigenvalue weighted by atomic mass is 33.1. The molecule has 1 saturated heterocycles. The molecule has 0 saturated carbocycles. The molecule has 280 valence electrons. The first-order valence-electron chi connectivity index (χ1n) is 15.9. The lowest BCUT2D eigenvalue weighted by molar-refractivity contribution is -0.173. The van der Waals surface area contributed by atoms with Gasteiger partial charge in [0.1, 0.15) is 43.6 Å². The zero-order valence-electron chi connectivity index (χ0n) is 30.3. The average molecular weight is 763 g/mol. The van der Waals surface area contributed by atoms with Crippen molar-refractivity contribution in [3.8, 4) is 11.8 Å². The number of alkyl halides is 3. The molecule has 1 aliphatic rings. The van der Waals surface area contributed by atoms with Crippen LogP contribution >= 0.6 is 21.6 Å². The maximum atomic E-state index is 12.5. The minimum absolute atomic E-state index is 0.0368. The van der Waals surface area contributed by atoms with Crippen molar-refractivity contribution in [2.75, 3.05) is 53.7 Å². The molecule has 3 atom stereocenters. The van der Waals surface area contributed by atoms with E-state index in [1.54, 1.807) is 32.2 Å². The maximum Gasteiger partial charge on any atom is 0.471 e. The first-order chi connectivity index (χ1) is 23.3. The molecule has 12 nitrogen and oxygen atoms in total. The van der Waals surface area contributed by atoms with E-state index in [9.17, 15) is 18.0 Å². The number of halogens is 3. The van der Waals surface area contributed by atoms with Crippen molar-refractivity contribution in [3.05, 3.63) is 18.1 Å². The fourth-order valence-electron chi connectivity index (χ4n) is 4.37. The Morgan fingerprint density at radius 2 is 1.96 bits per heavy atom. The van der Waals surface area contributed by atoms with Crippen molar-refractivity contribution in [1.82, 2.24) is 24.8 Å². The molecule has 0 spiro atoms. The van der Waals surface area contributed by atoms with Crippen molar-refractivity contribution < 1.29 is 41.3 Å². The number of fused-ring (bicyclic) bond motifs is 1. The van der Waals surface area contributed by atoms with Crippen LogP contribution in [0.3, 0.4) is 0 Å². The van der Waals surface area contributed by atoms with Gasteiger partial charge in [-0.1, -0.05) is 54.2 Å². The van der Waals surface area contributed by atoms with Crippen molar-refractivity contribution >= 4 is 59.0 Å². The molecule has 1 fully saturated rings. The molecule has 0 aromatic carbocycles. The Kier molecular flexibility index (Phi) is 15.1. The Balaban J connectivity index is 1.77. The molecular formula is C32H49F3N6O6S2Si. The summed E-state index contributed by atoms with van der Waals surface area (Å²) < 4.78 is 68.8. The van der Waals surface area contributed by atoms with E-state index in [1.165, 1.54) is 27.9 Å². The highest BCUT2D eigenvalue weighted by Crippen LogP contribution is 2.40. The SMILES string of the molecule is COCOC1C[C@H](n2cc(C#CCOCSSC(C)(C)CNC(=O)C(F)(F)F)c3c(N=CN(C)C)ncnc32)O[C@@H]1CO[Si](C)(C)C(C)(C)C. The van der Waals surface area contributed by atoms with Gasteiger partial charge in [0.05, 0.1) is 30.0 Å². The van der Waals surface area contributed by atoms with Crippen LogP contribution in [0.5, 0.6) is 0 Å². The van der Waals surface area contributed by atoms with Crippen molar-refractivity contribution in [1.29, 1.82) is 0 Å². The van der Waals surface area contributed by atoms with Crippen LogP contribution in [0.15, 0.2) is 17.5 Å². The van der Waals surface area contributed by atoms with Gasteiger partial charge in [-0.3, -0.25) is 4.79 Å². The predicted octanol–water partition coefficient (Wildman–Crippen LogP) is 6.12. The van der Waals surface area contributed by atoms with Crippen molar-refractivity contribution in [2.24, 2.45) is 4.99 Å². The summed E-state index contributed by atoms with van der Waals surface area (Å²) in [6.45, 7) is 14.9. The monoisotopic (exact) mass is 762 g/mol. The van der Waals surface area contributed by atoms with Crippen LogP contribution in [0, 0.1) is 11.8 Å². The van der Waals surface area contributed by atoms with E-state index in [0.29, 0.717) is 35.4 Å². The van der Waals surface area contributed by atoms with Gasteiger partial charge in [-0.2, -0.15) is 13.2 Å². The number of aliphatic imine (C=N–C) groups is 1. The fraction of sp³-hybridized carbons (Fsp3) is 0.688. The summed E-state index contributed by atoms with van der Waals surface area (Å²) in [5, 5.41) is 2.61. The number of rotatable bonds is 16. The second kappa shape index (κ2) is 17.9. The Morgan fingerprint density at radius 3 is 2.60 bits per heavy atom. The highest BCUT2D eigenvalue weighted by molar-refractivity contribution is 8.77. The van der Waals surface area contributed by atoms with Gasteiger partial charge in [-0.25, -0.2) is 15.0 Å². The van der Waals surface area contributed by atoms with E-state index in [0.717, 1.165) is 0 Å². The number of amides is 1. The smallest absolute Gasteiger partial charge is 0.414 e. The quantitative estimate of drug-likeness (QED) is 0.0406. The number of nitrogens with one attached hydrogen (secondary N) is 1. The fourth-order valence-corrected chi connectivity index (χ4v) is 7.52. The molecule has 3 heterocycles. The summed E-state index contributed by atoms with van der Waals surface area (Å²) in [6.07, 6.45) is -0.451. The van der Waals surface area contributed by atoms with Gasteiger partial charge in [-0.05, 0) is 32.0 Å². The molecule has 2 aromatic rings. The van der Waals surface area contributed by atoms with Crippen LogP contribution in [0.4, 0.5) is 19.0 Å². The number of carbonyl (C=O) groups excluding carboxylic acids is 1. The van der Waals surface area contributed by atoms with Crippen molar-refractivity contribution in [3.63, 3.8) is 0 Å². The summed E-state index contributed by atoms with van der Waals surface area (Å²) >= 11 is 0. The molecule has 0 radical (unpaired) electrons. The summed E-state index contributed by atoms with van der Waals surface area (Å²) in [5.41, 5.74) is 1.24. The van der Waals surface area contributed by atoms with Gasteiger partial charge in [-0.15, -0.1) is 0 Å². The summed E-state index contributed by atoms with van der Waals surface area (Å²) in [7, 11) is 5.87. The molecular weight excluding hydrogens is 714 g/mol. The number of methoxy groups -OCH3 is 1. The Bertz CT molecular complexity index is 1520. The Morgan fingerprint density at radius 1 is 1.24 bits per heavy atom. The van der Waals surface area contributed by atoms with Crippen LogP contribution in [0.1, 0.15) is 52.8 Å². The van der Waals surface area contributed by atoms with Gasteiger partial charge in [0.15, 0.2) is 14.1 Å². The Hall–Kier alpha value is -2.37. The van der Waals surface area contributed by atoms with Crippen LogP contribution in [-0.4, -0.2) is 117 Å². The zero-order valence-corrected chi connectivity index (χ0v) is 33.0. The number of ether oxygens (including phenoxy) is 4. The van der Waals surface area contributed by atoms with Crippen LogP contribution in [-0.2, 0) is 28.2 Å². The minimum Gasteiger partial charge on any atom is -0.414 e. The molecule has 2 aromatic heterocycles. The third-order valence-electron chi connectivity index (χ3n) is 8.05. The Labute approximate surface area is 301 Å².